The molecule has 0 saturated heterocycles. The predicted octanol–water partition coefficient (Wildman–Crippen LogP) is 3.00. The van der Waals surface area contributed by atoms with Gasteiger partial charge in [0.2, 0.25) is 0 Å². The summed E-state index contributed by atoms with van der Waals surface area (Å²) < 4.78 is 10.2. The van der Waals surface area contributed by atoms with E-state index in [1.165, 1.54) is 6.26 Å². The Balaban J connectivity index is 1.93. The first kappa shape index (κ1) is 12.9. The second-order valence-electron chi connectivity index (χ2n) is 3.99. The van der Waals surface area contributed by atoms with Crippen molar-refractivity contribution < 1.29 is 13.6 Å². The zero-order chi connectivity index (χ0) is 13.7. The van der Waals surface area contributed by atoms with E-state index in [1.807, 2.05) is 19.1 Å². The number of hydrazone groups is 1. The van der Waals surface area contributed by atoms with Gasteiger partial charge in [0.25, 0.3) is 5.91 Å². The normalized spacial score (nSPS) is 12.0. The van der Waals surface area contributed by atoms with Crippen LogP contribution >= 0.6 is 0 Å². The average Bonchev–Trinajstić information content (AvgIpc) is 3.00. The van der Waals surface area contributed by atoms with E-state index >= 15 is 0 Å². The second kappa shape index (κ2) is 5.86. The number of carbonyl (C=O) groups is 1. The number of aryl methyl sites for hydroxylation is 1. The molecule has 98 valence electrons. The van der Waals surface area contributed by atoms with Gasteiger partial charge in [0.1, 0.15) is 11.5 Å². The molecule has 0 aliphatic carbocycles. The van der Waals surface area contributed by atoms with Gasteiger partial charge in [0.05, 0.1) is 24.3 Å². The Morgan fingerprint density at radius 2 is 2.16 bits per heavy atom. The van der Waals surface area contributed by atoms with Crippen LogP contribution < -0.4 is 5.43 Å². The van der Waals surface area contributed by atoms with Crippen LogP contribution in [0.2, 0.25) is 0 Å². The molecule has 0 atom stereocenters. The van der Waals surface area contributed by atoms with Gasteiger partial charge < -0.3 is 8.83 Å². The highest BCUT2D eigenvalue weighted by atomic mass is 16.3. The lowest BCUT2D eigenvalue weighted by atomic mass is 10.2. The lowest BCUT2D eigenvalue weighted by molar-refractivity contribution is 0.0953. The summed E-state index contributed by atoms with van der Waals surface area (Å²) in [6.45, 7) is 3.59. The van der Waals surface area contributed by atoms with Gasteiger partial charge in [-0.25, -0.2) is 5.43 Å². The first-order valence-corrected chi connectivity index (χ1v) is 5.76. The molecule has 2 rings (SSSR count). The number of nitrogens with zero attached hydrogens (tertiary/aromatic N) is 1. The van der Waals surface area contributed by atoms with Crippen LogP contribution in [0.15, 0.2) is 50.2 Å². The molecular formula is C14H14N2O3. The molecule has 2 heterocycles. The molecule has 1 amide bonds. The molecule has 0 saturated carbocycles. The summed E-state index contributed by atoms with van der Waals surface area (Å²) >= 11 is 0. The summed E-state index contributed by atoms with van der Waals surface area (Å²) in [4.78, 5) is 11.7. The van der Waals surface area contributed by atoms with E-state index in [-0.39, 0.29) is 5.91 Å². The minimum atomic E-state index is -0.298. The number of nitrogens with one attached hydrogen (secondary N) is 1. The summed E-state index contributed by atoms with van der Waals surface area (Å²) in [7, 11) is 0. The van der Waals surface area contributed by atoms with Crippen molar-refractivity contribution in [1.29, 1.82) is 0 Å². The molecule has 0 bridgehead atoms. The standard InChI is InChI=1S/C14H14N2O3/c1-10(8-12-4-3-6-19-12)9-15-16-14(17)13-5-7-18-11(13)2/h3-9H,1-2H3,(H,16,17). The summed E-state index contributed by atoms with van der Waals surface area (Å²) in [5, 5.41) is 3.87. The van der Waals surface area contributed by atoms with Gasteiger partial charge in [-0.15, -0.1) is 0 Å². The highest BCUT2D eigenvalue weighted by Crippen LogP contribution is 2.08. The molecule has 5 nitrogen and oxygen atoms in total. The van der Waals surface area contributed by atoms with E-state index in [2.05, 4.69) is 10.5 Å². The van der Waals surface area contributed by atoms with Crippen LogP contribution in [-0.4, -0.2) is 12.1 Å². The smallest absolute Gasteiger partial charge is 0.274 e. The Morgan fingerprint density at radius 3 is 2.79 bits per heavy atom. The Labute approximate surface area is 110 Å². The Hall–Kier alpha value is -2.56. The summed E-state index contributed by atoms with van der Waals surface area (Å²) in [5.41, 5.74) is 3.77. The third-order valence-electron chi connectivity index (χ3n) is 2.45. The van der Waals surface area contributed by atoms with Crippen LogP contribution in [0.1, 0.15) is 28.8 Å². The maximum absolute atomic E-state index is 11.7. The first-order valence-electron chi connectivity index (χ1n) is 5.76. The Kier molecular flexibility index (Phi) is 3.97. The van der Waals surface area contributed by atoms with Crippen LogP contribution in [0.4, 0.5) is 0 Å². The number of allylic oxidation sites excluding steroid dienone is 1. The molecule has 1 N–H and O–H groups in total. The van der Waals surface area contributed by atoms with Crippen LogP contribution in [-0.2, 0) is 0 Å². The minimum absolute atomic E-state index is 0.298. The molecule has 0 spiro atoms. The van der Waals surface area contributed by atoms with Gasteiger partial charge in [-0.2, -0.15) is 5.10 Å². The third kappa shape index (κ3) is 3.45. The molecule has 0 fully saturated rings. The summed E-state index contributed by atoms with van der Waals surface area (Å²) in [6, 6.07) is 5.25. The molecule has 2 aromatic heterocycles. The van der Waals surface area contributed by atoms with Gasteiger partial charge in [-0.05, 0) is 43.7 Å². The van der Waals surface area contributed by atoms with Gasteiger partial charge in [0.15, 0.2) is 0 Å². The fourth-order valence-corrected chi connectivity index (χ4v) is 1.51. The predicted molar refractivity (Wildman–Crippen MR) is 71.8 cm³/mol. The molecule has 0 aromatic carbocycles. The number of rotatable bonds is 4. The molecule has 0 aliphatic rings. The number of hydrogen-bond donors (Lipinski definition) is 1. The van der Waals surface area contributed by atoms with Gasteiger partial charge in [-0.1, -0.05) is 0 Å². The highest BCUT2D eigenvalue weighted by molar-refractivity contribution is 5.95. The van der Waals surface area contributed by atoms with Crippen LogP contribution in [0, 0.1) is 6.92 Å². The first-order chi connectivity index (χ1) is 9.16. The van der Waals surface area contributed by atoms with Crippen LogP contribution in [0.3, 0.4) is 0 Å². The average molecular weight is 258 g/mol. The number of furan rings is 2. The third-order valence-corrected chi connectivity index (χ3v) is 2.45. The van der Waals surface area contributed by atoms with E-state index < -0.39 is 0 Å². The van der Waals surface area contributed by atoms with Crippen molar-refractivity contribution in [2.24, 2.45) is 5.10 Å². The summed E-state index contributed by atoms with van der Waals surface area (Å²) in [5.74, 6) is 1.00. The fourth-order valence-electron chi connectivity index (χ4n) is 1.51. The SMILES string of the molecule is CC(C=NNC(=O)c1ccoc1C)=Cc1ccco1. The van der Waals surface area contributed by atoms with Gasteiger partial charge >= 0.3 is 0 Å². The van der Waals surface area contributed by atoms with E-state index in [4.69, 9.17) is 8.83 Å². The van der Waals surface area contributed by atoms with E-state index in [0.29, 0.717) is 11.3 Å². The number of amides is 1. The van der Waals surface area contributed by atoms with E-state index in [0.717, 1.165) is 11.3 Å². The fraction of sp³-hybridized carbons (Fsp3) is 0.143. The molecule has 0 radical (unpaired) electrons. The van der Waals surface area contributed by atoms with Crippen molar-refractivity contribution in [3.05, 3.63) is 53.4 Å². The number of carbonyl (C=O) groups excluding carboxylic acids is 1. The van der Waals surface area contributed by atoms with Crippen LogP contribution in [0.25, 0.3) is 6.08 Å². The van der Waals surface area contributed by atoms with Crippen molar-refractivity contribution in [3.8, 4) is 0 Å². The second-order valence-corrected chi connectivity index (χ2v) is 3.99. The largest absolute Gasteiger partial charge is 0.469 e. The quantitative estimate of drug-likeness (QED) is 0.677. The molecule has 0 aliphatic heterocycles. The van der Waals surface area contributed by atoms with Crippen molar-refractivity contribution in [3.63, 3.8) is 0 Å². The van der Waals surface area contributed by atoms with Gasteiger partial charge in [-0.3, -0.25) is 4.79 Å². The maximum atomic E-state index is 11.7. The molecular weight excluding hydrogens is 244 g/mol. The lowest BCUT2D eigenvalue weighted by Crippen LogP contribution is -2.17. The van der Waals surface area contributed by atoms with Crippen LogP contribution in [0.5, 0.6) is 0 Å². The van der Waals surface area contributed by atoms with Gasteiger partial charge in [0, 0.05) is 0 Å². The maximum Gasteiger partial charge on any atom is 0.274 e. The lowest BCUT2D eigenvalue weighted by Gasteiger charge is -1.97. The summed E-state index contributed by atoms with van der Waals surface area (Å²) in [6.07, 6.45) is 6.43. The zero-order valence-electron chi connectivity index (χ0n) is 10.7. The van der Waals surface area contributed by atoms with E-state index in [1.54, 1.807) is 31.5 Å². The minimum Gasteiger partial charge on any atom is -0.469 e. The zero-order valence-corrected chi connectivity index (χ0v) is 10.7. The van der Waals surface area contributed by atoms with Crippen molar-refractivity contribution in [1.82, 2.24) is 5.43 Å². The van der Waals surface area contributed by atoms with E-state index in [9.17, 15) is 4.79 Å². The molecule has 19 heavy (non-hydrogen) atoms. The van der Waals surface area contributed by atoms with Crippen molar-refractivity contribution in [2.75, 3.05) is 0 Å². The topological polar surface area (TPSA) is 67.7 Å². The van der Waals surface area contributed by atoms with Crippen molar-refractivity contribution in [2.45, 2.75) is 13.8 Å². The molecule has 2 aromatic rings. The Bertz CT molecular complexity index is 606. The number of hydrogen-bond acceptors (Lipinski definition) is 4. The Morgan fingerprint density at radius 1 is 1.32 bits per heavy atom. The highest BCUT2D eigenvalue weighted by Gasteiger charge is 2.09. The molecule has 0 unspecified atom stereocenters. The van der Waals surface area contributed by atoms with Crippen molar-refractivity contribution >= 4 is 18.2 Å². The molecule has 5 heteroatoms. The monoisotopic (exact) mass is 258 g/mol.